The van der Waals surface area contributed by atoms with Crippen LogP contribution < -0.4 is 0 Å². The normalized spacial score (nSPS) is 52.9. The summed E-state index contributed by atoms with van der Waals surface area (Å²) in [5.74, 6) is 2.80. The molecule has 412 valence electrons. The fourth-order valence-electron chi connectivity index (χ4n) is 14.5. The summed E-state index contributed by atoms with van der Waals surface area (Å²) in [7, 11) is 0. The summed E-state index contributed by atoms with van der Waals surface area (Å²) >= 11 is 0. The van der Waals surface area contributed by atoms with Crippen molar-refractivity contribution in [2.24, 2.45) is 40.4 Å². The zero-order valence-electron chi connectivity index (χ0n) is 42.2. The van der Waals surface area contributed by atoms with Gasteiger partial charge in [-0.2, -0.15) is 0 Å². The smallest absolute Gasteiger partial charge is 0.187 e. The summed E-state index contributed by atoms with van der Waals surface area (Å²) in [6.07, 6.45) is -18.8. The van der Waals surface area contributed by atoms with Gasteiger partial charge in [-0.25, -0.2) is 0 Å². The molecule has 5 unspecified atom stereocenters. The number of hydrogen-bond acceptors (Lipinski definition) is 21. The van der Waals surface area contributed by atoms with Crippen molar-refractivity contribution in [1.82, 2.24) is 0 Å². The number of aliphatic hydroxyl groups is 12. The zero-order valence-corrected chi connectivity index (χ0v) is 42.2. The Morgan fingerprint density at radius 2 is 1.25 bits per heavy atom. The molecule has 5 heterocycles. The fraction of sp³-hybridized carbons (Fsp3) is 0.922. The van der Waals surface area contributed by atoms with Crippen LogP contribution in [0.1, 0.15) is 99.3 Å². The molecule has 3 saturated carbocycles. The van der Waals surface area contributed by atoms with Crippen LogP contribution in [-0.2, 0) is 42.6 Å². The van der Waals surface area contributed by atoms with Crippen LogP contribution in [0.15, 0.2) is 23.0 Å². The third-order valence-corrected chi connectivity index (χ3v) is 18.8. The van der Waals surface area contributed by atoms with Gasteiger partial charge in [-0.15, -0.1) is 0 Å². The second-order valence-corrected chi connectivity index (χ2v) is 23.2. The van der Waals surface area contributed by atoms with Gasteiger partial charge >= 0.3 is 0 Å². The van der Waals surface area contributed by atoms with Crippen molar-refractivity contribution < 1.29 is 104 Å². The van der Waals surface area contributed by atoms with Crippen molar-refractivity contribution in [1.29, 1.82) is 0 Å². The molecule has 9 rings (SSSR count). The van der Waals surface area contributed by atoms with E-state index in [1.807, 2.05) is 6.92 Å². The zero-order chi connectivity index (χ0) is 51.9. The van der Waals surface area contributed by atoms with Gasteiger partial charge in [0.2, 0.25) is 0 Å². The molecule has 0 aromatic rings. The van der Waals surface area contributed by atoms with Crippen LogP contribution in [-0.4, -0.2) is 216 Å². The molecule has 0 aromatic heterocycles. The number of rotatable bonds is 14. The van der Waals surface area contributed by atoms with Gasteiger partial charge in [-0.05, 0) is 112 Å². The van der Waals surface area contributed by atoms with Gasteiger partial charge in [-0.1, -0.05) is 32.4 Å². The molecular formula is C51H82O21. The van der Waals surface area contributed by atoms with Gasteiger partial charge in [0.1, 0.15) is 91.6 Å². The molecular weight excluding hydrogens is 949 g/mol. The SMILES string of the molecule is CC1=C(CC[C@@H](C)CO[C@@H]2O[C@H](CO)[C@@H](O)[C@H](O)[C@H]2O)OC2CC3C4CC=C5C[C@@H](O[C@@H]6O[C@H](CO)[C@@H](O[C@H]7O[C@@H](C)[C@H](O)[C@@H](O)[C@H]7O)[C@H](O)[C@H]6O[C@H]6O[C@@H](C)[C@H](O)[C@@H](O)[C@H]6O)CC[C@]5(C)C4CC[C@]3(C)C12. The Bertz CT molecular complexity index is 1920. The first-order valence-electron chi connectivity index (χ1n) is 26.4. The largest absolute Gasteiger partial charge is 0.494 e. The predicted octanol–water partition coefficient (Wildman–Crippen LogP) is -1.03. The van der Waals surface area contributed by atoms with E-state index in [1.165, 1.54) is 25.0 Å². The summed E-state index contributed by atoms with van der Waals surface area (Å²) in [4.78, 5) is 0. The molecule has 29 atom stereocenters. The minimum atomic E-state index is -1.74. The second-order valence-electron chi connectivity index (χ2n) is 23.2. The van der Waals surface area contributed by atoms with Crippen LogP contribution in [0.4, 0.5) is 0 Å². The molecule has 12 N–H and O–H groups in total. The first-order chi connectivity index (χ1) is 34.1. The van der Waals surface area contributed by atoms with Crippen molar-refractivity contribution in [3.05, 3.63) is 23.0 Å². The lowest BCUT2D eigenvalue weighted by Crippen LogP contribution is -2.66. The van der Waals surface area contributed by atoms with Crippen LogP contribution in [0.5, 0.6) is 0 Å². The quantitative estimate of drug-likeness (QED) is 0.0926. The van der Waals surface area contributed by atoms with Crippen LogP contribution >= 0.6 is 0 Å². The van der Waals surface area contributed by atoms with Crippen molar-refractivity contribution in [3.63, 3.8) is 0 Å². The maximum atomic E-state index is 12.0. The second kappa shape index (κ2) is 21.7. The van der Waals surface area contributed by atoms with E-state index in [0.29, 0.717) is 36.5 Å². The van der Waals surface area contributed by atoms with Gasteiger partial charge in [0.05, 0.1) is 43.9 Å². The number of allylic oxidation sites excluding steroid dienone is 2. The van der Waals surface area contributed by atoms with E-state index < -0.39 is 142 Å². The lowest BCUT2D eigenvalue weighted by molar-refractivity contribution is -0.388. The van der Waals surface area contributed by atoms with Crippen molar-refractivity contribution in [2.45, 2.75) is 234 Å². The molecule has 0 amide bonds. The third kappa shape index (κ3) is 9.90. The van der Waals surface area contributed by atoms with Crippen molar-refractivity contribution in [2.75, 3.05) is 19.8 Å². The number of fused-ring (bicyclic) bond motifs is 7. The Morgan fingerprint density at radius 3 is 1.89 bits per heavy atom. The third-order valence-electron chi connectivity index (χ3n) is 18.8. The van der Waals surface area contributed by atoms with E-state index in [4.69, 9.17) is 42.6 Å². The fourth-order valence-corrected chi connectivity index (χ4v) is 14.5. The van der Waals surface area contributed by atoms with E-state index in [1.54, 1.807) is 0 Å². The van der Waals surface area contributed by atoms with Gasteiger partial charge in [0.25, 0.3) is 0 Å². The Morgan fingerprint density at radius 1 is 0.653 bits per heavy atom. The van der Waals surface area contributed by atoms with Crippen molar-refractivity contribution >= 4 is 0 Å². The average Bonchev–Trinajstić information content (AvgIpc) is 3.85. The highest BCUT2D eigenvalue weighted by molar-refractivity contribution is 5.30. The molecule has 0 spiro atoms. The Hall–Kier alpha value is -1.52. The van der Waals surface area contributed by atoms with Crippen LogP contribution in [0.3, 0.4) is 0 Å². The molecule has 0 radical (unpaired) electrons. The Balaban J connectivity index is 0.849. The summed E-state index contributed by atoms with van der Waals surface area (Å²) < 4.78 is 54.8. The molecule has 0 aromatic carbocycles. The minimum absolute atomic E-state index is 0.0680. The lowest BCUT2D eigenvalue weighted by Gasteiger charge is -2.58. The van der Waals surface area contributed by atoms with Crippen LogP contribution in [0.2, 0.25) is 0 Å². The number of ether oxygens (including phenoxy) is 9. The molecule has 21 heteroatoms. The Labute approximate surface area is 420 Å². The predicted molar refractivity (Wildman–Crippen MR) is 247 cm³/mol. The van der Waals surface area contributed by atoms with Gasteiger partial charge in [0, 0.05) is 12.3 Å². The topological polar surface area (TPSA) is 326 Å². The highest BCUT2D eigenvalue weighted by Crippen LogP contribution is 2.69. The molecule has 4 saturated heterocycles. The highest BCUT2D eigenvalue weighted by atomic mass is 16.8. The van der Waals surface area contributed by atoms with Crippen LogP contribution in [0.25, 0.3) is 0 Å². The molecule has 5 aliphatic heterocycles. The molecule has 7 fully saturated rings. The summed E-state index contributed by atoms with van der Waals surface area (Å²) in [6.45, 7) is 11.1. The van der Waals surface area contributed by atoms with E-state index in [9.17, 15) is 61.3 Å². The monoisotopic (exact) mass is 1030 g/mol. The van der Waals surface area contributed by atoms with Gasteiger partial charge in [0.15, 0.2) is 25.2 Å². The number of hydrogen-bond donors (Lipinski definition) is 12. The van der Waals surface area contributed by atoms with Gasteiger partial charge < -0.3 is 104 Å². The molecule has 4 aliphatic carbocycles. The summed E-state index contributed by atoms with van der Waals surface area (Å²) in [5.41, 5.74) is 2.59. The maximum absolute atomic E-state index is 12.0. The van der Waals surface area contributed by atoms with E-state index in [0.717, 1.165) is 50.7 Å². The summed E-state index contributed by atoms with van der Waals surface area (Å²) in [5, 5.41) is 126. The van der Waals surface area contributed by atoms with E-state index in [-0.39, 0.29) is 29.5 Å². The molecule has 9 aliphatic rings. The minimum Gasteiger partial charge on any atom is -0.494 e. The number of aliphatic hydroxyl groups excluding tert-OH is 12. The first kappa shape index (κ1) is 55.2. The van der Waals surface area contributed by atoms with E-state index >= 15 is 0 Å². The van der Waals surface area contributed by atoms with Gasteiger partial charge in [-0.3, -0.25) is 0 Å². The highest BCUT2D eigenvalue weighted by Gasteiger charge is 2.64. The van der Waals surface area contributed by atoms with E-state index in [2.05, 4.69) is 26.8 Å². The lowest BCUT2D eigenvalue weighted by atomic mass is 9.47. The molecule has 0 bridgehead atoms. The van der Waals surface area contributed by atoms with Crippen LogP contribution in [0, 0.1) is 40.4 Å². The molecule has 21 nitrogen and oxygen atoms in total. The first-order valence-corrected chi connectivity index (χ1v) is 26.4. The standard InChI is InChI=1S/C51H82O21/c1-20(19-64-46-40(60)39(59)36(56)31(17-52)69-46)7-10-29-21(2)33-30(68-29)16-28-26-9-8-24-15-25(11-13-50(24,5)27(26)12-14-51(28,33)6)67-49-45(72-48-42(62)38(58)35(55)23(4)66-48)43(63)44(32(18-53)70-49)71-47-41(61)37(57)34(54)22(3)65-47/h8,20,22-23,25-28,30-49,52-63H,7,9-19H2,1-6H3/t20-,22+,23+,25+,26?,27?,28?,30?,31-,32-,33?,34+,35+,36-,37-,38-,39+,40-,41-,42-,43+,44-,45-,46-,47-,48-,49-,50+,51+/m1/s1. The maximum Gasteiger partial charge on any atom is 0.187 e. The Kier molecular flexibility index (Phi) is 16.7. The average molecular weight is 1030 g/mol. The molecule has 72 heavy (non-hydrogen) atoms. The summed E-state index contributed by atoms with van der Waals surface area (Å²) in [6, 6.07) is 0. The van der Waals surface area contributed by atoms with Crippen molar-refractivity contribution in [3.8, 4) is 0 Å².